The predicted octanol–water partition coefficient (Wildman–Crippen LogP) is 4.88. The molecule has 0 aliphatic carbocycles. The van der Waals surface area contributed by atoms with E-state index in [1.54, 1.807) is 13.3 Å². The number of hydrogen-bond acceptors (Lipinski definition) is 6. The summed E-state index contributed by atoms with van der Waals surface area (Å²) < 4.78 is 11.9. The van der Waals surface area contributed by atoms with Gasteiger partial charge in [-0.25, -0.2) is 4.98 Å². The van der Waals surface area contributed by atoms with Gasteiger partial charge < -0.3 is 9.15 Å². The molecule has 7 heteroatoms. The third kappa shape index (κ3) is 4.61. The van der Waals surface area contributed by atoms with Crippen LogP contribution >= 0.6 is 15.9 Å². The van der Waals surface area contributed by atoms with Crippen LogP contribution in [0, 0.1) is 18.3 Å². The zero-order chi connectivity index (χ0) is 19.2. The highest BCUT2D eigenvalue weighted by atomic mass is 79.9. The number of nitrogens with zero attached hydrogens (tertiary/aromatic N) is 3. The first-order valence-corrected chi connectivity index (χ1v) is 8.94. The molecular weight excluding hydrogens is 408 g/mol. The number of anilines is 1. The number of methoxy groups -OCH3 is 1. The highest BCUT2D eigenvalue weighted by Crippen LogP contribution is 2.23. The molecule has 0 radical (unpaired) electrons. The largest absolute Gasteiger partial charge is 0.455 e. The topological polar surface area (TPSA) is 83.4 Å². The number of rotatable bonds is 6. The fourth-order valence-electron chi connectivity index (χ4n) is 2.56. The van der Waals surface area contributed by atoms with E-state index in [0.717, 1.165) is 27.1 Å². The van der Waals surface area contributed by atoms with E-state index >= 15 is 0 Å². The van der Waals surface area contributed by atoms with Gasteiger partial charge in [-0.15, -0.1) is 0 Å². The van der Waals surface area contributed by atoms with Crippen molar-refractivity contribution in [1.82, 2.24) is 4.98 Å². The minimum atomic E-state index is 0.333. The molecule has 3 aromatic rings. The molecule has 0 atom stereocenters. The van der Waals surface area contributed by atoms with Crippen molar-refractivity contribution in [1.29, 1.82) is 5.26 Å². The maximum atomic E-state index is 9.42. The quantitative estimate of drug-likeness (QED) is 0.450. The molecule has 2 heterocycles. The molecule has 0 amide bonds. The summed E-state index contributed by atoms with van der Waals surface area (Å²) in [6, 6.07) is 15.5. The molecule has 0 saturated heterocycles. The Morgan fingerprint density at radius 2 is 2.07 bits per heavy atom. The summed E-state index contributed by atoms with van der Waals surface area (Å²) in [4.78, 5) is 4.34. The van der Waals surface area contributed by atoms with Crippen molar-refractivity contribution in [3.63, 3.8) is 0 Å². The molecule has 136 valence electrons. The van der Waals surface area contributed by atoms with Crippen molar-refractivity contribution in [3.05, 3.63) is 69.5 Å². The van der Waals surface area contributed by atoms with E-state index < -0.39 is 0 Å². The van der Waals surface area contributed by atoms with E-state index in [2.05, 4.69) is 37.5 Å². The molecule has 0 spiro atoms. The van der Waals surface area contributed by atoms with Gasteiger partial charge in [0, 0.05) is 28.4 Å². The normalized spacial score (nSPS) is 10.9. The van der Waals surface area contributed by atoms with Crippen LogP contribution in [-0.4, -0.2) is 18.3 Å². The second-order valence-electron chi connectivity index (χ2n) is 5.77. The number of aryl methyl sites for hydroxylation is 1. The first-order chi connectivity index (χ1) is 13.1. The summed E-state index contributed by atoms with van der Waals surface area (Å²) >= 11 is 3.41. The minimum Gasteiger partial charge on any atom is -0.455 e. The molecule has 0 aliphatic heterocycles. The van der Waals surface area contributed by atoms with Crippen LogP contribution in [-0.2, 0) is 11.3 Å². The average Bonchev–Trinajstić information content (AvgIpc) is 3.11. The molecule has 0 fully saturated rings. The van der Waals surface area contributed by atoms with Crippen molar-refractivity contribution < 1.29 is 9.15 Å². The Hall–Kier alpha value is -2.95. The fourth-order valence-corrected chi connectivity index (χ4v) is 2.83. The van der Waals surface area contributed by atoms with E-state index in [0.29, 0.717) is 23.7 Å². The van der Waals surface area contributed by atoms with Crippen molar-refractivity contribution in [2.45, 2.75) is 13.5 Å². The predicted molar refractivity (Wildman–Crippen MR) is 107 cm³/mol. The van der Waals surface area contributed by atoms with Crippen LogP contribution in [0.15, 0.2) is 56.5 Å². The molecule has 0 bridgehead atoms. The van der Waals surface area contributed by atoms with E-state index in [4.69, 9.17) is 9.15 Å². The van der Waals surface area contributed by atoms with Crippen LogP contribution < -0.4 is 5.43 Å². The lowest BCUT2D eigenvalue weighted by Crippen LogP contribution is -2.03. The lowest BCUT2D eigenvalue weighted by molar-refractivity contribution is 0.184. The van der Waals surface area contributed by atoms with Gasteiger partial charge in [-0.3, -0.25) is 5.43 Å². The third-order valence-corrected chi connectivity index (χ3v) is 4.29. The van der Waals surface area contributed by atoms with E-state index in [1.165, 1.54) is 0 Å². The van der Waals surface area contributed by atoms with Crippen molar-refractivity contribution >= 4 is 28.0 Å². The smallest absolute Gasteiger partial charge is 0.164 e. The van der Waals surface area contributed by atoms with Crippen LogP contribution in [0.3, 0.4) is 0 Å². The van der Waals surface area contributed by atoms with Crippen molar-refractivity contribution in [2.24, 2.45) is 5.10 Å². The van der Waals surface area contributed by atoms with E-state index in [1.807, 2.05) is 49.4 Å². The molecule has 6 nitrogen and oxygen atoms in total. The summed E-state index contributed by atoms with van der Waals surface area (Å²) in [6.07, 6.45) is 1.55. The minimum absolute atomic E-state index is 0.333. The summed E-state index contributed by atoms with van der Waals surface area (Å²) in [6.45, 7) is 2.19. The monoisotopic (exact) mass is 424 g/mol. The maximum Gasteiger partial charge on any atom is 0.164 e. The van der Waals surface area contributed by atoms with Gasteiger partial charge in [0.25, 0.3) is 0 Å². The van der Waals surface area contributed by atoms with E-state index in [9.17, 15) is 5.26 Å². The number of ether oxygens (including phenoxy) is 1. The van der Waals surface area contributed by atoms with E-state index in [-0.39, 0.29) is 0 Å². The van der Waals surface area contributed by atoms with Crippen molar-refractivity contribution in [2.75, 3.05) is 12.5 Å². The Morgan fingerprint density at radius 1 is 1.30 bits per heavy atom. The van der Waals surface area contributed by atoms with Crippen LogP contribution in [0.5, 0.6) is 0 Å². The Labute approximate surface area is 165 Å². The molecule has 2 aromatic heterocycles. The highest BCUT2D eigenvalue weighted by molar-refractivity contribution is 9.10. The Balaban J connectivity index is 1.77. The van der Waals surface area contributed by atoms with Gasteiger partial charge in [0.05, 0.1) is 12.8 Å². The lowest BCUT2D eigenvalue weighted by Gasteiger charge is -2.08. The van der Waals surface area contributed by atoms with Crippen LogP contribution in [0.2, 0.25) is 0 Å². The van der Waals surface area contributed by atoms with Gasteiger partial charge in [0.15, 0.2) is 5.82 Å². The second kappa shape index (κ2) is 8.62. The SMILES string of the molecule is COCc1cc(C)nc(N/N=C\c2ccc(-c3ccc(Br)cc3)o2)c1C#N. The third-order valence-electron chi connectivity index (χ3n) is 3.76. The number of hydrogen-bond donors (Lipinski definition) is 1. The first kappa shape index (κ1) is 18.8. The summed E-state index contributed by atoms with van der Waals surface area (Å²) in [5.74, 6) is 1.72. The van der Waals surface area contributed by atoms with Gasteiger partial charge in [-0.2, -0.15) is 10.4 Å². The summed E-state index contributed by atoms with van der Waals surface area (Å²) in [5, 5.41) is 13.6. The Morgan fingerprint density at radius 3 is 2.78 bits per heavy atom. The number of hydrazone groups is 1. The number of furan rings is 1. The summed E-state index contributed by atoms with van der Waals surface area (Å²) in [7, 11) is 1.59. The van der Waals surface area contributed by atoms with Gasteiger partial charge >= 0.3 is 0 Å². The Bertz CT molecular complexity index is 1000. The zero-order valence-corrected chi connectivity index (χ0v) is 16.4. The number of nitrogens with one attached hydrogen (secondary N) is 1. The molecular formula is C20H17BrN4O2. The molecule has 1 N–H and O–H groups in total. The number of pyridine rings is 1. The highest BCUT2D eigenvalue weighted by Gasteiger charge is 2.11. The molecule has 0 unspecified atom stereocenters. The van der Waals surface area contributed by atoms with Gasteiger partial charge in [0.2, 0.25) is 0 Å². The average molecular weight is 425 g/mol. The second-order valence-corrected chi connectivity index (χ2v) is 6.69. The fraction of sp³-hybridized carbons (Fsp3) is 0.150. The molecule has 1 aromatic carbocycles. The molecule has 0 aliphatic rings. The number of nitriles is 1. The molecule has 3 rings (SSSR count). The maximum absolute atomic E-state index is 9.42. The standard InChI is InChI=1S/C20H17BrN4O2/c1-13-9-15(12-26-2)18(10-22)20(24-13)25-23-11-17-7-8-19(27-17)14-3-5-16(21)6-4-14/h3-9,11H,12H2,1-2H3,(H,24,25)/b23-11-. The summed E-state index contributed by atoms with van der Waals surface area (Å²) in [5.41, 5.74) is 5.75. The van der Waals surface area contributed by atoms with Crippen molar-refractivity contribution in [3.8, 4) is 17.4 Å². The number of halogens is 1. The van der Waals surface area contributed by atoms with Crippen LogP contribution in [0.25, 0.3) is 11.3 Å². The van der Waals surface area contributed by atoms with Gasteiger partial charge in [0.1, 0.15) is 23.2 Å². The van der Waals surface area contributed by atoms with Gasteiger partial charge in [-0.05, 0) is 37.3 Å². The zero-order valence-electron chi connectivity index (χ0n) is 14.9. The van der Waals surface area contributed by atoms with Crippen LogP contribution in [0.1, 0.15) is 22.6 Å². The van der Waals surface area contributed by atoms with Crippen LogP contribution in [0.4, 0.5) is 5.82 Å². The first-order valence-electron chi connectivity index (χ1n) is 8.15. The van der Waals surface area contributed by atoms with Gasteiger partial charge in [-0.1, -0.05) is 28.1 Å². The Kier molecular flexibility index (Phi) is 6.01. The molecule has 0 saturated carbocycles. The number of benzene rings is 1. The lowest BCUT2D eigenvalue weighted by atomic mass is 10.1. The number of aromatic nitrogens is 1. The molecule has 27 heavy (non-hydrogen) atoms.